The Hall–Kier alpha value is -0.440. The molecule has 0 aliphatic heterocycles. The molecule has 0 bridgehead atoms. The lowest BCUT2D eigenvalue weighted by molar-refractivity contribution is 0.411. The smallest absolute Gasteiger partial charge is 0.0114 e. The molecule has 0 amide bonds. The second-order valence-electron chi connectivity index (χ2n) is 3.49. The van der Waals surface area contributed by atoms with Crippen molar-refractivity contribution in [1.82, 2.24) is 0 Å². The van der Waals surface area contributed by atoms with Gasteiger partial charge in [0.05, 0.1) is 0 Å². The van der Waals surface area contributed by atoms with Gasteiger partial charge in [-0.1, -0.05) is 27.2 Å². The van der Waals surface area contributed by atoms with Gasteiger partial charge in [-0.15, -0.1) is 11.8 Å². The Morgan fingerprint density at radius 3 is 2.27 bits per heavy atom. The first-order chi connectivity index (χ1) is 5.20. The number of hydrogen-bond donors (Lipinski definition) is 0. The summed E-state index contributed by atoms with van der Waals surface area (Å²) < 4.78 is 0. The van der Waals surface area contributed by atoms with Crippen molar-refractivity contribution >= 4 is 0 Å². The maximum absolute atomic E-state index is 3.13. The van der Waals surface area contributed by atoms with Gasteiger partial charge in [0.2, 0.25) is 0 Å². The Morgan fingerprint density at radius 2 is 1.82 bits per heavy atom. The molecule has 0 heterocycles. The van der Waals surface area contributed by atoms with Gasteiger partial charge in [0, 0.05) is 6.42 Å². The Kier molecular flexibility index (Phi) is 6.03. The van der Waals surface area contributed by atoms with Crippen LogP contribution in [0.15, 0.2) is 0 Å². The van der Waals surface area contributed by atoms with Gasteiger partial charge in [0.1, 0.15) is 0 Å². The maximum atomic E-state index is 3.13. The van der Waals surface area contributed by atoms with E-state index in [-0.39, 0.29) is 0 Å². The van der Waals surface area contributed by atoms with Gasteiger partial charge in [-0.2, -0.15) is 0 Å². The van der Waals surface area contributed by atoms with Crippen LogP contribution in [0.25, 0.3) is 0 Å². The quantitative estimate of drug-likeness (QED) is 0.541. The van der Waals surface area contributed by atoms with Crippen molar-refractivity contribution in [3.05, 3.63) is 0 Å². The molecule has 2 unspecified atom stereocenters. The molecule has 0 aromatic carbocycles. The molecular formula is C11H20. The van der Waals surface area contributed by atoms with E-state index >= 15 is 0 Å². The minimum absolute atomic E-state index is 0.775. The molecule has 64 valence electrons. The zero-order valence-corrected chi connectivity index (χ0v) is 8.28. The lowest BCUT2D eigenvalue weighted by Gasteiger charge is -2.12. The van der Waals surface area contributed by atoms with Crippen LogP contribution in [0.2, 0.25) is 0 Å². The normalized spacial score (nSPS) is 14.9. The molecule has 0 rings (SSSR count). The second-order valence-corrected chi connectivity index (χ2v) is 3.49. The third-order valence-electron chi connectivity index (χ3n) is 2.13. The van der Waals surface area contributed by atoms with Crippen LogP contribution >= 0.6 is 0 Å². The summed E-state index contributed by atoms with van der Waals surface area (Å²) in [6, 6.07) is 0. The Balaban J connectivity index is 3.48. The van der Waals surface area contributed by atoms with E-state index in [0.29, 0.717) is 0 Å². The summed E-state index contributed by atoms with van der Waals surface area (Å²) in [7, 11) is 0. The third-order valence-corrected chi connectivity index (χ3v) is 2.13. The van der Waals surface area contributed by atoms with Crippen LogP contribution < -0.4 is 0 Å². The van der Waals surface area contributed by atoms with Crippen molar-refractivity contribution in [2.75, 3.05) is 0 Å². The fourth-order valence-electron chi connectivity index (χ4n) is 1.21. The molecule has 11 heavy (non-hydrogen) atoms. The number of rotatable bonds is 4. The molecule has 0 aliphatic carbocycles. The van der Waals surface area contributed by atoms with Crippen LogP contribution in [0.5, 0.6) is 0 Å². The third kappa shape index (κ3) is 5.98. The molecule has 0 saturated heterocycles. The van der Waals surface area contributed by atoms with Gasteiger partial charge in [-0.25, -0.2) is 0 Å². The molecule has 0 aromatic heterocycles. The molecular weight excluding hydrogens is 132 g/mol. The van der Waals surface area contributed by atoms with Gasteiger partial charge in [0.25, 0.3) is 0 Å². The van der Waals surface area contributed by atoms with Crippen LogP contribution in [-0.4, -0.2) is 0 Å². The highest BCUT2D eigenvalue weighted by molar-refractivity contribution is 4.95. The molecule has 0 nitrogen and oxygen atoms in total. The highest BCUT2D eigenvalue weighted by atomic mass is 14.1. The largest absolute Gasteiger partial charge is 0.107 e. The average Bonchev–Trinajstić information content (AvgIpc) is 2.00. The van der Waals surface area contributed by atoms with Crippen molar-refractivity contribution in [3.63, 3.8) is 0 Å². The monoisotopic (exact) mass is 152 g/mol. The fourth-order valence-corrected chi connectivity index (χ4v) is 1.21. The van der Waals surface area contributed by atoms with Gasteiger partial charge < -0.3 is 0 Å². The standard InChI is InChI=1S/C11H20/c1-5-7-8-11(4)9-10(3)6-2/h10-11H,6,8-9H2,1-4H3. The van der Waals surface area contributed by atoms with Gasteiger partial charge in [0.15, 0.2) is 0 Å². The van der Waals surface area contributed by atoms with E-state index in [0.717, 1.165) is 18.3 Å². The predicted molar refractivity (Wildman–Crippen MR) is 51.3 cm³/mol. The highest BCUT2D eigenvalue weighted by Crippen LogP contribution is 2.16. The Bertz CT molecular complexity index is 136. The van der Waals surface area contributed by atoms with Crippen molar-refractivity contribution in [1.29, 1.82) is 0 Å². The minimum Gasteiger partial charge on any atom is -0.107 e. The summed E-state index contributed by atoms with van der Waals surface area (Å²) in [5, 5.41) is 0. The van der Waals surface area contributed by atoms with Crippen LogP contribution in [-0.2, 0) is 0 Å². The van der Waals surface area contributed by atoms with Crippen molar-refractivity contribution < 1.29 is 0 Å². The number of hydrogen-bond acceptors (Lipinski definition) is 0. The molecule has 0 radical (unpaired) electrons. The van der Waals surface area contributed by atoms with Gasteiger partial charge in [-0.3, -0.25) is 0 Å². The van der Waals surface area contributed by atoms with Crippen molar-refractivity contribution in [2.45, 2.75) is 47.0 Å². The first kappa shape index (κ1) is 10.6. The zero-order chi connectivity index (χ0) is 8.69. The average molecular weight is 152 g/mol. The van der Waals surface area contributed by atoms with E-state index in [9.17, 15) is 0 Å². The molecule has 0 aromatic rings. The summed E-state index contributed by atoms with van der Waals surface area (Å²) in [4.78, 5) is 0. The van der Waals surface area contributed by atoms with Crippen LogP contribution in [0.4, 0.5) is 0 Å². The summed E-state index contributed by atoms with van der Waals surface area (Å²) in [5.74, 6) is 7.71. The zero-order valence-electron chi connectivity index (χ0n) is 8.28. The van der Waals surface area contributed by atoms with Crippen LogP contribution in [0.3, 0.4) is 0 Å². The van der Waals surface area contributed by atoms with E-state index < -0.39 is 0 Å². The van der Waals surface area contributed by atoms with Crippen LogP contribution in [0.1, 0.15) is 47.0 Å². The molecule has 0 aliphatic rings. The molecule has 0 spiro atoms. The molecule has 0 N–H and O–H groups in total. The minimum atomic E-state index is 0.775. The predicted octanol–water partition coefficient (Wildman–Crippen LogP) is 3.47. The van der Waals surface area contributed by atoms with E-state index in [1.807, 2.05) is 6.92 Å². The van der Waals surface area contributed by atoms with E-state index in [4.69, 9.17) is 0 Å². The van der Waals surface area contributed by atoms with E-state index in [1.54, 1.807) is 0 Å². The summed E-state index contributed by atoms with van der Waals surface area (Å²) in [5.41, 5.74) is 0. The lowest BCUT2D eigenvalue weighted by Crippen LogP contribution is -2.01. The van der Waals surface area contributed by atoms with E-state index in [1.165, 1.54) is 12.8 Å². The molecule has 0 heteroatoms. The summed E-state index contributed by atoms with van der Waals surface area (Å²) >= 11 is 0. The SMILES string of the molecule is CC#CCC(C)CC(C)CC. The molecule has 0 fully saturated rings. The van der Waals surface area contributed by atoms with Crippen LogP contribution in [0, 0.1) is 23.7 Å². The van der Waals surface area contributed by atoms with Crippen molar-refractivity contribution in [3.8, 4) is 11.8 Å². The molecule has 2 atom stereocenters. The Labute approximate surface area is 71.4 Å². The van der Waals surface area contributed by atoms with Gasteiger partial charge >= 0.3 is 0 Å². The fraction of sp³-hybridized carbons (Fsp3) is 0.818. The molecule has 0 saturated carbocycles. The summed E-state index contributed by atoms with van der Waals surface area (Å²) in [6.45, 7) is 8.77. The van der Waals surface area contributed by atoms with Crippen molar-refractivity contribution in [2.24, 2.45) is 11.8 Å². The summed E-state index contributed by atoms with van der Waals surface area (Å²) in [6.07, 6.45) is 3.69. The topological polar surface area (TPSA) is 0 Å². The maximum Gasteiger partial charge on any atom is 0.0114 e. The second kappa shape index (κ2) is 6.28. The Morgan fingerprint density at radius 1 is 1.18 bits per heavy atom. The lowest BCUT2D eigenvalue weighted by atomic mass is 9.93. The first-order valence-electron chi connectivity index (χ1n) is 4.60. The highest BCUT2D eigenvalue weighted by Gasteiger charge is 2.04. The first-order valence-corrected chi connectivity index (χ1v) is 4.60. The van der Waals surface area contributed by atoms with E-state index in [2.05, 4.69) is 32.6 Å². The van der Waals surface area contributed by atoms with Gasteiger partial charge in [-0.05, 0) is 25.2 Å².